The van der Waals surface area contributed by atoms with Crippen LogP contribution < -0.4 is 14.8 Å². The quantitative estimate of drug-likeness (QED) is 0.556. The lowest BCUT2D eigenvalue weighted by molar-refractivity contribution is 0.0696. The molecule has 0 aliphatic carbocycles. The monoisotopic (exact) mass is 421 g/mol. The second kappa shape index (κ2) is 9.71. The first kappa shape index (κ1) is 21.8. The number of benzene rings is 1. The number of carboxylic acids is 1. The number of ether oxygens (including phenoxy) is 2. The maximum Gasteiger partial charge on any atom is 0.337 e. The van der Waals surface area contributed by atoms with Crippen molar-refractivity contribution >= 4 is 17.7 Å². The molecule has 8 heteroatoms. The fourth-order valence-electron chi connectivity index (χ4n) is 2.73. The lowest BCUT2D eigenvalue weighted by Gasteiger charge is -2.17. The summed E-state index contributed by atoms with van der Waals surface area (Å²) in [5, 5.41) is 11.6. The number of carbonyl (C=O) groups excluding carboxylic acids is 1. The second-order valence-corrected chi connectivity index (χ2v) is 7.06. The zero-order chi connectivity index (χ0) is 22.4. The number of rotatable bonds is 8. The van der Waals surface area contributed by atoms with Crippen LogP contribution >= 0.6 is 0 Å². The van der Waals surface area contributed by atoms with Crippen molar-refractivity contribution in [1.29, 1.82) is 0 Å². The van der Waals surface area contributed by atoms with Gasteiger partial charge in [0, 0.05) is 18.3 Å². The molecule has 1 atom stereocenters. The Hall–Kier alpha value is -3.94. The first-order valence-electron chi connectivity index (χ1n) is 9.73. The summed E-state index contributed by atoms with van der Waals surface area (Å²) in [4.78, 5) is 32.0. The topological polar surface area (TPSA) is 111 Å². The molecule has 1 amide bonds. The van der Waals surface area contributed by atoms with E-state index in [4.69, 9.17) is 14.6 Å². The van der Waals surface area contributed by atoms with E-state index in [0.29, 0.717) is 0 Å². The number of nitrogens with one attached hydrogen (secondary N) is 1. The number of nitrogens with zero attached hydrogens (tertiary/aromatic N) is 2. The van der Waals surface area contributed by atoms with Gasteiger partial charge in [0.1, 0.15) is 11.9 Å². The summed E-state index contributed by atoms with van der Waals surface area (Å²) in [5.74, 6) is -0.827. The fraction of sp³-hybridized carbons (Fsp3) is 0.217. The summed E-state index contributed by atoms with van der Waals surface area (Å²) in [6.45, 7) is 5.60. The number of anilines is 1. The zero-order valence-electron chi connectivity index (χ0n) is 17.4. The predicted octanol–water partition coefficient (Wildman–Crippen LogP) is 4.35. The smallest absolute Gasteiger partial charge is 0.337 e. The molecule has 0 unspecified atom stereocenters. The fourth-order valence-corrected chi connectivity index (χ4v) is 2.73. The van der Waals surface area contributed by atoms with Gasteiger partial charge in [-0.1, -0.05) is 30.3 Å². The Morgan fingerprint density at radius 3 is 2.19 bits per heavy atom. The highest BCUT2D eigenvalue weighted by atomic mass is 16.5. The molecule has 2 N–H and O–H groups in total. The number of carbonyl (C=O) groups is 2. The zero-order valence-corrected chi connectivity index (χ0v) is 17.4. The van der Waals surface area contributed by atoms with Crippen molar-refractivity contribution in [3.05, 3.63) is 77.5 Å². The minimum Gasteiger partial charge on any atom is -0.478 e. The highest BCUT2D eigenvalue weighted by molar-refractivity contribution is 6.04. The number of amides is 1. The molecule has 0 aliphatic rings. The molecule has 0 saturated heterocycles. The molecule has 8 nitrogen and oxygen atoms in total. The van der Waals surface area contributed by atoms with E-state index in [0.717, 1.165) is 5.56 Å². The molecule has 3 rings (SSSR count). The molecule has 2 heterocycles. The van der Waals surface area contributed by atoms with Gasteiger partial charge in [0.2, 0.25) is 11.8 Å². The van der Waals surface area contributed by atoms with Crippen molar-refractivity contribution in [1.82, 2.24) is 9.97 Å². The Morgan fingerprint density at radius 2 is 1.61 bits per heavy atom. The van der Waals surface area contributed by atoms with Gasteiger partial charge in [-0.15, -0.1) is 0 Å². The summed E-state index contributed by atoms with van der Waals surface area (Å²) in [5.41, 5.74) is 1.26. The van der Waals surface area contributed by atoms with Crippen LogP contribution in [-0.2, 0) is 0 Å². The number of carboxylic acid groups (broad SMARTS) is 1. The second-order valence-electron chi connectivity index (χ2n) is 7.06. The number of hydrogen-bond acceptors (Lipinski definition) is 6. The van der Waals surface area contributed by atoms with Crippen LogP contribution in [0.2, 0.25) is 0 Å². The van der Waals surface area contributed by atoms with Crippen molar-refractivity contribution in [3.63, 3.8) is 0 Å². The number of aromatic nitrogens is 2. The van der Waals surface area contributed by atoms with Crippen LogP contribution in [-0.4, -0.2) is 33.1 Å². The molecular weight excluding hydrogens is 398 g/mol. The Morgan fingerprint density at radius 1 is 0.935 bits per heavy atom. The molecule has 1 aromatic carbocycles. The van der Waals surface area contributed by atoms with Gasteiger partial charge in [0.05, 0.1) is 17.2 Å². The van der Waals surface area contributed by atoms with Crippen LogP contribution in [0.5, 0.6) is 11.8 Å². The van der Waals surface area contributed by atoms with E-state index in [1.54, 1.807) is 0 Å². The van der Waals surface area contributed by atoms with E-state index in [-0.39, 0.29) is 40.9 Å². The maximum absolute atomic E-state index is 12.8. The van der Waals surface area contributed by atoms with E-state index in [1.165, 1.54) is 30.5 Å². The minimum atomic E-state index is -1.09. The van der Waals surface area contributed by atoms with Gasteiger partial charge in [-0.05, 0) is 38.5 Å². The molecule has 3 aromatic rings. The summed E-state index contributed by atoms with van der Waals surface area (Å²) in [6.07, 6.45) is 0.744. The summed E-state index contributed by atoms with van der Waals surface area (Å²) < 4.78 is 11.6. The molecule has 0 aliphatic heterocycles. The van der Waals surface area contributed by atoms with Crippen molar-refractivity contribution in [2.75, 3.05) is 5.32 Å². The van der Waals surface area contributed by atoms with Crippen LogP contribution in [0.25, 0.3) is 0 Å². The molecule has 0 fully saturated rings. The van der Waals surface area contributed by atoms with Gasteiger partial charge < -0.3 is 19.9 Å². The number of pyridine rings is 2. The van der Waals surface area contributed by atoms with E-state index in [9.17, 15) is 9.59 Å². The van der Waals surface area contributed by atoms with Crippen LogP contribution in [0.4, 0.5) is 5.82 Å². The molecule has 2 aromatic heterocycles. The highest BCUT2D eigenvalue weighted by Crippen LogP contribution is 2.25. The van der Waals surface area contributed by atoms with Crippen molar-refractivity contribution < 1.29 is 24.2 Å². The van der Waals surface area contributed by atoms with E-state index in [1.807, 2.05) is 51.1 Å². The first-order valence-corrected chi connectivity index (χ1v) is 9.73. The molecule has 31 heavy (non-hydrogen) atoms. The van der Waals surface area contributed by atoms with E-state index < -0.39 is 11.9 Å². The number of hydrogen-bond donors (Lipinski definition) is 2. The highest BCUT2D eigenvalue weighted by Gasteiger charge is 2.16. The lowest BCUT2D eigenvalue weighted by atomic mass is 10.1. The Bertz CT molecular complexity index is 1050. The summed E-state index contributed by atoms with van der Waals surface area (Å²) in [6, 6.07) is 15.5. The average molecular weight is 421 g/mol. The van der Waals surface area contributed by atoms with Crippen molar-refractivity contribution in [2.45, 2.75) is 33.0 Å². The minimum absolute atomic E-state index is 0.0279. The molecule has 160 valence electrons. The van der Waals surface area contributed by atoms with Crippen LogP contribution in [0.3, 0.4) is 0 Å². The largest absolute Gasteiger partial charge is 0.478 e. The Labute approximate surface area is 179 Å². The molecule has 0 radical (unpaired) electrons. The standard InChI is InChI=1S/C23H23N3O5/c1-14(2)30-20-11-18(22(27)25-19-10-9-17(13-24-19)23(28)29)12-21(26-20)31-15(3)16-7-5-4-6-8-16/h4-15H,1-3H3,(H,28,29)(H,24,25,27)/t15-/m1/s1. The maximum atomic E-state index is 12.8. The van der Waals surface area contributed by atoms with E-state index in [2.05, 4.69) is 15.3 Å². The van der Waals surface area contributed by atoms with Crippen LogP contribution in [0.15, 0.2) is 60.8 Å². The van der Waals surface area contributed by atoms with Crippen LogP contribution in [0.1, 0.15) is 53.2 Å². The van der Waals surface area contributed by atoms with Gasteiger partial charge >= 0.3 is 5.97 Å². The third-order valence-electron chi connectivity index (χ3n) is 4.22. The SMILES string of the molecule is CC(C)Oc1cc(C(=O)Nc2ccc(C(=O)O)cn2)cc(O[C@H](C)c2ccccc2)n1. The van der Waals surface area contributed by atoms with Gasteiger partial charge in [-0.25, -0.2) is 9.78 Å². The molecule has 0 bridgehead atoms. The number of aromatic carboxylic acids is 1. The molecule has 0 saturated carbocycles. The Balaban J connectivity index is 1.83. The molecule has 0 spiro atoms. The van der Waals surface area contributed by atoms with Gasteiger partial charge in [0.15, 0.2) is 0 Å². The van der Waals surface area contributed by atoms with Crippen molar-refractivity contribution in [3.8, 4) is 11.8 Å². The van der Waals surface area contributed by atoms with E-state index >= 15 is 0 Å². The van der Waals surface area contributed by atoms with Gasteiger partial charge in [0.25, 0.3) is 5.91 Å². The normalized spacial score (nSPS) is 11.6. The summed E-state index contributed by atoms with van der Waals surface area (Å²) >= 11 is 0. The Kier molecular flexibility index (Phi) is 6.81. The third-order valence-corrected chi connectivity index (χ3v) is 4.22. The van der Waals surface area contributed by atoms with Gasteiger partial charge in [-0.3, -0.25) is 4.79 Å². The third kappa shape index (κ3) is 6.02. The lowest BCUT2D eigenvalue weighted by Crippen LogP contribution is -2.15. The molecular formula is C23H23N3O5. The van der Waals surface area contributed by atoms with Gasteiger partial charge in [-0.2, -0.15) is 4.98 Å². The van der Waals surface area contributed by atoms with Crippen LogP contribution in [0, 0.1) is 0 Å². The summed E-state index contributed by atoms with van der Waals surface area (Å²) in [7, 11) is 0. The average Bonchev–Trinajstić information content (AvgIpc) is 2.74. The predicted molar refractivity (Wildman–Crippen MR) is 115 cm³/mol. The first-order chi connectivity index (χ1) is 14.8. The van der Waals surface area contributed by atoms with Crippen molar-refractivity contribution in [2.24, 2.45) is 0 Å².